The molecule has 0 fully saturated rings. The Morgan fingerprint density at radius 1 is 0.949 bits per heavy atom. The van der Waals surface area contributed by atoms with Gasteiger partial charge in [0.05, 0.1) is 0 Å². The fourth-order valence-electron chi connectivity index (χ4n) is 4.05. The van der Waals surface area contributed by atoms with E-state index in [-0.39, 0.29) is 35.5 Å². The molecule has 0 aliphatic carbocycles. The molecule has 4 aromatic rings. The van der Waals surface area contributed by atoms with Gasteiger partial charge in [-0.1, -0.05) is 63.2 Å². The van der Waals surface area contributed by atoms with Crippen molar-refractivity contribution in [2.75, 3.05) is 0 Å². The normalized spacial score (nSPS) is 12.5. The SMILES string of the molecule is C[Si](C)OC(c1cc(=O)c(OCc2ccccc2)c(C(=O)c2ccc(Cc3ccc(F)cc3)o2)o1)C(C)(C)C. The fraction of sp³-hybridized carbons (Fsp3) is 0.290. The predicted octanol–water partition coefficient (Wildman–Crippen LogP) is 7.13. The van der Waals surface area contributed by atoms with Crippen LogP contribution in [0.25, 0.3) is 0 Å². The number of ketones is 1. The number of rotatable bonds is 10. The first-order valence-corrected chi connectivity index (χ1v) is 15.1. The fourth-order valence-corrected chi connectivity index (χ4v) is 4.99. The van der Waals surface area contributed by atoms with Gasteiger partial charge in [-0.05, 0) is 53.9 Å². The van der Waals surface area contributed by atoms with Gasteiger partial charge in [0, 0.05) is 12.5 Å². The molecule has 0 aliphatic heterocycles. The van der Waals surface area contributed by atoms with Crippen molar-refractivity contribution in [3.8, 4) is 5.75 Å². The molecule has 2 heterocycles. The highest BCUT2D eigenvalue weighted by molar-refractivity contribution is 6.48. The van der Waals surface area contributed by atoms with Crippen LogP contribution >= 0.6 is 0 Å². The van der Waals surface area contributed by atoms with E-state index in [0.717, 1.165) is 11.1 Å². The number of ether oxygens (including phenoxy) is 1. The van der Waals surface area contributed by atoms with E-state index in [1.165, 1.54) is 24.3 Å². The summed E-state index contributed by atoms with van der Waals surface area (Å²) in [6, 6.07) is 19.9. The highest BCUT2D eigenvalue weighted by Crippen LogP contribution is 2.37. The van der Waals surface area contributed by atoms with Crippen molar-refractivity contribution < 1.29 is 27.2 Å². The second kappa shape index (κ2) is 12.0. The first-order chi connectivity index (χ1) is 18.5. The van der Waals surface area contributed by atoms with Crippen LogP contribution in [-0.4, -0.2) is 14.8 Å². The van der Waals surface area contributed by atoms with E-state index in [9.17, 15) is 14.0 Å². The molecular formula is C31H32FO6Si. The number of hydrogen-bond donors (Lipinski definition) is 0. The zero-order chi connectivity index (χ0) is 28.2. The lowest BCUT2D eigenvalue weighted by Crippen LogP contribution is -2.27. The van der Waals surface area contributed by atoms with Gasteiger partial charge < -0.3 is 18.0 Å². The Balaban J connectivity index is 1.72. The van der Waals surface area contributed by atoms with Gasteiger partial charge in [0.25, 0.3) is 5.78 Å². The molecule has 8 heteroatoms. The van der Waals surface area contributed by atoms with Crippen LogP contribution in [0.2, 0.25) is 13.1 Å². The number of hydrogen-bond acceptors (Lipinski definition) is 6. The first-order valence-electron chi connectivity index (χ1n) is 12.7. The van der Waals surface area contributed by atoms with Crippen molar-refractivity contribution in [3.63, 3.8) is 0 Å². The quantitative estimate of drug-likeness (QED) is 0.155. The third-order valence-electron chi connectivity index (χ3n) is 5.93. The first kappa shape index (κ1) is 28.3. The molecule has 0 saturated heterocycles. The Morgan fingerprint density at radius 3 is 2.28 bits per heavy atom. The lowest BCUT2D eigenvalue weighted by atomic mass is 9.87. The summed E-state index contributed by atoms with van der Waals surface area (Å²) in [5.74, 6) is -0.605. The zero-order valence-corrected chi connectivity index (χ0v) is 23.7. The third kappa shape index (κ3) is 7.22. The van der Waals surface area contributed by atoms with Crippen LogP contribution in [0.15, 0.2) is 86.4 Å². The van der Waals surface area contributed by atoms with Crippen molar-refractivity contribution in [1.82, 2.24) is 0 Å². The second-order valence-corrected chi connectivity index (χ2v) is 12.7. The summed E-state index contributed by atoms with van der Waals surface area (Å²) in [5.41, 5.74) is 0.774. The monoisotopic (exact) mass is 547 g/mol. The summed E-state index contributed by atoms with van der Waals surface area (Å²) in [4.78, 5) is 27.1. The summed E-state index contributed by atoms with van der Waals surface area (Å²) < 4.78 is 37.3. The molecule has 0 amide bonds. The van der Waals surface area contributed by atoms with Gasteiger partial charge in [0.1, 0.15) is 30.0 Å². The van der Waals surface area contributed by atoms with E-state index in [0.29, 0.717) is 12.2 Å². The Labute approximate surface area is 229 Å². The van der Waals surface area contributed by atoms with Crippen LogP contribution in [0.1, 0.15) is 65.8 Å². The molecular weight excluding hydrogens is 515 g/mol. The number of furan rings is 1. The second-order valence-electron chi connectivity index (χ2n) is 10.6. The van der Waals surface area contributed by atoms with Crippen LogP contribution in [0.5, 0.6) is 5.75 Å². The Hall–Kier alpha value is -3.75. The van der Waals surface area contributed by atoms with E-state index in [2.05, 4.69) is 0 Å². The van der Waals surface area contributed by atoms with Crippen molar-refractivity contribution in [3.05, 3.63) is 123 Å². The van der Waals surface area contributed by atoms with Gasteiger partial charge >= 0.3 is 0 Å². The molecule has 6 nitrogen and oxygen atoms in total. The van der Waals surface area contributed by atoms with Crippen molar-refractivity contribution in [2.45, 2.75) is 53.0 Å². The molecule has 4 rings (SSSR count). The topological polar surface area (TPSA) is 78.9 Å². The molecule has 0 N–H and O–H groups in total. The lowest BCUT2D eigenvalue weighted by Gasteiger charge is -2.31. The smallest absolute Gasteiger partial charge is 0.267 e. The van der Waals surface area contributed by atoms with E-state index < -0.39 is 31.8 Å². The predicted molar refractivity (Wildman–Crippen MR) is 148 cm³/mol. The van der Waals surface area contributed by atoms with Crippen LogP contribution < -0.4 is 10.2 Å². The number of carbonyl (C=O) groups is 1. The molecule has 0 spiro atoms. The Morgan fingerprint density at radius 2 is 1.64 bits per heavy atom. The molecule has 203 valence electrons. The van der Waals surface area contributed by atoms with Crippen molar-refractivity contribution >= 4 is 14.8 Å². The number of benzene rings is 2. The molecule has 0 saturated carbocycles. The molecule has 0 aliphatic rings. The van der Waals surface area contributed by atoms with E-state index in [1.54, 1.807) is 18.2 Å². The summed E-state index contributed by atoms with van der Waals surface area (Å²) in [6.07, 6.45) is -0.179. The maximum absolute atomic E-state index is 13.7. The lowest BCUT2D eigenvalue weighted by molar-refractivity contribution is 0.0611. The van der Waals surface area contributed by atoms with Crippen LogP contribution in [0.4, 0.5) is 4.39 Å². The van der Waals surface area contributed by atoms with Crippen molar-refractivity contribution in [2.24, 2.45) is 5.41 Å². The van der Waals surface area contributed by atoms with Crippen molar-refractivity contribution in [1.29, 1.82) is 0 Å². The standard InChI is InChI=1S/C31H32FO6Si/c1-31(2,3)30(38-39(4)5)26-18-24(33)28(35-19-21-9-7-6-8-10-21)29(37-26)27(34)25-16-15-23(36-25)17-20-11-13-22(32)14-12-20/h6-16,18,30H,17,19H2,1-5H3. The van der Waals surface area contributed by atoms with Gasteiger partial charge in [-0.3, -0.25) is 9.59 Å². The minimum Gasteiger partial charge on any atom is -0.481 e. The molecule has 2 aromatic heterocycles. The van der Waals surface area contributed by atoms with Crippen LogP contribution in [-0.2, 0) is 17.5 Å². The highest BCUT2D eigenvalue weighted by Gasteiger charge is 2.33. The Kier molecular flexibility index (Phi) is 8.67. The molecule has 1 radical (unpaired) electrons. The largest absolute Gasteiger partial charge is 0.481 e. The Bertz CT molecular complexity index is 1470. The van der Waals surface area contributed by atoms with Gasteiger partial charge in [0.2, 0.25) is 26.0 Å². The zero-order valence-electron chi connectivity index (χ0n) is 22.7. The minimum atomic E-state index is -1.16. The summed E-state index contributed by atoms with van der Waals surface area (Å²) in [5, 5.41) is 0. The number of carbonyl (C=O) groups excluding carboxylic acids is 1. The average Bonchev–Trinajstić information content (AvgIpc) is 3.35. The maximum Gasteiger partial charge on any atom is 0.267 e. The van der Waals surface area contributed by atoms with Crippen LogP contribution in [0, 0.1) is 11.2 Å². The van der Waals surface area contributed by atoms with E-state index >= 15 is 0 Å². The average molecular weight is 548 g/mol. The summed E-state index contributed by atoms with van der Waals surface area (Å²) in [7, 11) is -1.16. The summed E-state index contributed by atoms with van der Waals surface area (Å²) >= 11 is 0. The molecule has 1 unspecified atom stereocenters. The van der Waals surface area contributed by atoms with Gasteiger partial charge in [-0.15, -0.1) is 0 Å². The van der Waals surface area contributed by atoms with Gasteiger partial charge in [-0.2, -0.15) is 0 Å². The van der Waals surface area contributed by atoms with Crippen LogP contribution in [0.3, 0.4) is 0 Å². The minimum absolute atomic E-state index is 0.000865. The molecule has 0 bridgehead atoms. The highest BCUT2D eigenvalue weighted by atomic mass is 28.3. The molecule has 2 aromatic carbocycles. The van der Waals surface area contributed by atoms with E-state index in [4.69, 9.17) is 18.0 Å². The molecule has 39 heavy (non-hydrogen) atoms. The van der Waals surface area contributed by atoms with Gasteiger partial charge in [-0.25, -0.2) is 4.39 Å². The molecule has 1 atom stereocenters. The third-order valence-corrected chi connectivity index (χ3v) is 6.64. The number of halogens is 1. The summed E-state index contributed by atoms with van der Waals surface area (Å²) in [6.45, 7) is 10.0. The maximum atomic E-state index is 13.7. The van der Waals surface area contributed by atoms with E-state index in [1.807, 2.05) is 64.2 Å². The van der Waals surface area contributed by atoms with Gasteiger partial charge in [0.15, 0.2) is 5.76 Å².